The Morgan fingerprint density at radius 1 is 1.44 bits per heavy atom. The minimum absolute atomic E-state index is 0.0107. The third-order valence-electron chi connectivity index (χ3n) is 3.01. The molecule has 0 saturated carbocycles. The number of carbonyl (C=O) groups is 2. The lowest BCUT2D eigenvalue weighted by molar-refractivity contribution is -0.136. The van der Waals surface area contributed by atoms with Crippen LogP contribution in [0.1, 0.15) is 32.6 Å². The van der Waals surface area contributed by atoms with Crippen LogP contribution in [0.15, 0.2) is 0 Å². The molecule has 2 amide bonds. The predicted molar refractivity (Wildman–Crippen MR) is 65.8 cm³/mol. The van der Waals surface area contributed by atoms with E-state index in [0.717, 1.165) is 19.3 Å². The lowest BCUT2D eigenvalue weighted by atomic mass is 10.1. The second kappa shape index (κ2) is 6.70. The van der Waals surface area contributed by atoms with Crippen LogP contribution in [0.3, 0.4) is 0 Å². The van der Waals surface area contributed by atoms with Gasteiger partial charge in [-0.3, -0.25) is 9.59 Å². The first kappa shape index (κ1) is 14.9. The second-order valence-corrected chi connectivity index (χ2v) is 5.06. The normalized spacial score (nSPS) is 20.2. The topological polar surface area (TPSA) is 89.9 Å². The molecule has 1 heterocycles. The first-order valence-electron chi connectivity index (χ1n) is 6.32. The number of nitrogens with zero attached hydrogens (tertiary/aromatic N) is 1. The van der Waals surface area contributed by atoms with Crippen LogP contribution in [0.4, 0.5) is 0 Å². The zero-order chi connectivity index (χ0) is 13.6. The van der Waals surface area contributed by atoms with E-state index in [2.05, 4.69) is 5.32 Å². The Balaban J connectivity index is 2.37. The van der Waals surface area contributed by atoms with E-state index >= 15 is 0 Å². The number of likely N-dealkylation sites (tertiary alicyclic amines) is 1. The van der Waals surface area contributed by atoms with Gasteiger partial charge in [0.25, 0.3) is 0 Å². The fourth-order valence-corrected chi connectivity index (χ4v) is 1.78. The number of rotatable bonds is 5. The van der Waals surface area contributed by atoms with Crippen molar-refractivity contribution < 1.29 is 19.8 Å². The molecular formula is C12H22N2O4. The average molecular weight is 258 g/mol. The summed E-state index contributed by atoms with van der Waals surface area (Å²) < 4.78 is 0. The molecule has 6 nitrogen and oxygen atoms in total. The Hall–Kier alpha value is -1.14. The van der Waals surface area contributed by atoms with E-state index in [-0.39, 0.29) is 24.9 Å². The fraction of sp³-hybridized carbons (Fsp3) is 0.833. The largest absolute Gasteiger partial charge is 0.393 e. The maximum absolute atomic E-state index is 11.7. The summed E-state index contributed by atoms with van der Waals surface area (Å²) in [6.07, 6.45) is 3.33. The number of hydrogen-bond acceptors (Lipinski definition) is 4. The van der Waals surface area contributed by atoms with Gasteiger partial charge in [0.05, 0.1) is 13.2 Å². The van der Waals surface area contributed by atoms with Gasteiger partial charge in [-0.15, -0.1) is 0 Å². The summed E-state index contributed by atoms with van der Waals surface area (Å²) in [7, 11) is 0. The second-order valence-electron chi connectivity index (χ2n) is 5.06. The Bertz CT molecular complexity index is 304. The van der Waals surface area contributed by atoms with Crippen molar-refractivity contribution in [3.63, 3.8) is 0 Å². The van der Waals surface area contributed by atoms with Crippen molar-refractivity contribution in [2.75, 3.05) is 26.2 Å². The number of amides is 2. The Morgan fingerprint density at radius 3 is 2.83 bits per heavy atom. The van der Waals surface area contributed by atoms with Crippen molar-refractivity contribution in [1.82, 2.24) is 10.2 Å². The Kier molecular flexibility index (Phi) is 5.55. The van der Waals surface area contributed by atoms with Crippen LogP contribution < -0.4 is 5.32 Å². The molecule has 3 N–H and O–H groups in total. The SMILES string of the molecule is CC(O)(CO)CNC(=O)CN1CCCCCC1=O. The highest BCUT2D eigenvalue weighted by atomic mass is 16.3. The molecule has 1 rings (SSSR count). The summed E-state index contributed by atoms with van der Waals surface area (Å²) in [5.74, 6) is -0.296. The van der Waals surface area contributed by atoms with Crippen molar-refractivity contribution >= 4 is 11.8 Å². The maximum Gasteiger partial charge on any atom is 0.239 e. The molecule has 0 spiro atoms. The van der Waals surface area contributed by atoms with Gasteiger partial charge in [0, 0.05) is 19.5 Å². The Morgan fingerprint density at radius 2 is 2.17 bits per heavy atom. The molecule has 0 aromatic rings. The first-order valence-corrected chi connectivity index (χ1v) is 6.32. The van der Waals surface area contributed by atoms with E-state index in [1.807, 2.05) is 0 Å². The maximum atomic E-state index is 11.7. The van der Waals surface area contributed by atoms with E-state index in [1.54, 1.807) is 4.90 Å². The number of carbonyl (C=O) groups excluding carboxylic acids is 2. The molecule has 1 fully saturated rings. The molecule has 0 bridgehead atoms. The molecule has 0 aromatic carbocycles. The molecule has 104 valence electrons. The van der Waals surface area contributed by atoms with Crippen molar-refractivity contribution in [1.29, 1.82) is 0 Å². The van der Waals surface area contributed by atoms with Crippen molar-refractivity contribution in [3.8, 4) is 0 Å². The molecule has 6 heteroatoms. The highest BCUT2D eigenvalue weighted by Crippen LogP contribution is 2.10. The fourth-order valence-electron chi connectivity index (χ4n) is 1.78. The van der Waals surface area contributed by atoms with Gasteiger partial charge in [-0.2, -0.15) is 0 Å². The van der Waals surface area contributed by atoms with Gasteiger partial charge in [0.2, 0.25) is 11.8 Å². The van der Waals surface area contributed by atoms with Crippen LogP contribution in [0.25, 0.3) is 0 Å². The molecule has 18 heavy (non-hydrogen) atoms. The molecule has 1 unspecified atom stereocenters. The summed E-state index contributed by atoms with van der Waals surface area (Å²) >= 11 is 0. The molecule has 0 aromatic heterocycles. The van der Waals surface area contributed by atoms with Gasteiger partial charge in [0.15, 0.2) is 0 Å². The van der Waals surface area contributed by atoms with Gasteiger partial charge in [-0.05, 0) is 19.8 Å². The minimum Gasteiger partial charge on any atom is -0.393 e. The number of aliphatic hydroxyl groups excluding tert-OH is 1. The monoisotopic (exact) mass is 258 g/mol. The van der Waals surface area contributed by atoms with Crippen molar-refractivity contribution in [3.05, 3.63) is 0 Å². The van der Waals surface area contributed by atoms with Gasteiger partial charge < -0.3 is 20.4 Å². The van der Waals surface area contributed by atoms with Crippen LogP contribution in [0, 0.1) is 0 Å². The van der Waals surface area contributed by atoms with Crippen LogP contribution in [-0.2, 0) is 9.59 Å². The molecule has 0 radical (unpaired) electrons. The van der Waals surface area contributed by atoms with Gasteiger partial charge in [-0.25, -0.2) is 0 Å². The third-order valence-corrected chi connectivity index (χ3v) is 3.01. The minimum atomic E-state index is -1.32. The molecular weight excluding hydrogens is 236 g/mol. The first-order chi connectivity index (χ1) is 8.44. The molecule has 1 saturated heterocycles. The number of aliphatic hydroxyl groups is 2. The highest BCUT2D eigenvalue weighted by molar-refractivity contribution is 5.84. The van der Waals surface area contributed by atoms with Crippen LogP contribution in [0.5, 0.6) is 0 Å². The smallest absolute Gasteiger partial charge is 0.239 e. The van der Waals surface area contributed by atoms with E-state index in [9.17, 15) is 14.7 Å². The molecule has 1 aliphatic heterocycles. The number of nitrogens with one attached hydrogen (secondary N) is 1. The van der Waals surface area contributed by atoms with Crippen molar-refractivity contribution in [2.24, 2.45) is 0 Å². The summed E-state index contributed by atoms with van der Waals surface area (Å²) in [6.45, 7) is 1.63. The lowest BCUT2D eigenvalue weighted by Crippen LogP contribution is -2.47. The highest BCUT2D eigenvalue weighted by Gasteiger charge is 2.22. The van der Waals surface area contributed by atoms with Gasteiger partial charge >= 0.3 is 0 Å². The van der Waals surface area contributed by atoms with Gasteiger partial charge in [0.1, 0.15) is 5.60 Å². The van der Waals surface area contributed by atoms with Crippen LogP contribution in [-0.4, -0.2) is 58.8 Å². The lowest BCUT2D eigenvalue weighted by Gasteiger charge is -2.23. The van der Waals surface area contributed by atoms with Crippen LogP contribution >= 0.6 is 0 Å². The summed E-state index contributed by atoms with van der Waals surface area (Å²) in [5.41, 5.74) is -1.32. The van der Waals surface area contributed by atoms with Gasteiger partial charge in [-0.1, -0.05) is 6.42 Å². The van der Waals surface area contributed by atoms with E-state index < -0.39 is 12.2 Å². The third kappa shape index (κ3) is 5.01. The average Bonchev–Trinajstić information content (AvgIpc) is 2.53. The zero-order valence-corrected chi connectivity index (χ0v) is 10.8. The summed E-state index contributed by atoms with van der Waals surface area (Å²) in [6, 6.07) is 0. The summed E-state index contributed by atoms with van der Waals surface area (Å²) in [5, 5.41) is 20.9. The Labute approximate surface area is 107 Å². The summed E-state index contributed by atoms with van der Waals surface area (Å²) in [4.78, 5) is 24.8. The number of hydrogen-bond donors (Lipinski definition) is 3. The quantitative estimate of drug-likeness (QED) is 0.605. The van der Waals surface area contributed by atoms with E-state index in [4.69, 9.17) is 5.11 Å². The standard InChI is InChI=1S/C12H22N2O4/c1-12(18,9-15)8-13-10(16)7-14-6-4-2-3-5-11(14)17/h15,18H,2-9H2,1H3,(H,13,16). The zero-order valence-electron chi connectivity index (χ0n) is 10.8. The van der Waals surface area contributed by atoms with E-state index in [1.165, 1.54) is 6.92 Å². The molecule has 0 aliphatic carbocycles. The predicted octanol–water partition coefficient (Wildman–Crippen LogP) is -0.751. The van der Waals surface area contributed by atoms with Crippen LogP contribution in [0.2, 0.25) is 0 Å². The molecule has 1 atom stereocenters. The van der Waals surface area contributed by atoms with Crippen molar-refractivity contribution in [2.45, 2.75) is 38.2 Å². The molecule has 1 aliphatic rings. The van der Waals surface area contributed by atoms with E-state index in [0.29, 0.717) is 13.0 Å².